The van der Waals surface area contributed by atoms with Crippen LogP contribution in [0.5, 0.6) is 5.75 Å². The van der Waals surface area contributed by atoms with Crippen molar-refractivity contribution in [1.82, 2.24) is 0 Å². The highest BCUT2D eigenvalue weighted by atomic mass is 31.2. The minimum Gasteiger partial charge on any atom is -0.404 e. The molecule has 1 rings (SSSR count). The largest absolute Gasteiger partial charge is 0.524 e. The molecular weight excluding hydrogens is 195 g/mol. The van der Waals surface area contributed by atoms with Gasteiger partial charge in [-0.15, -0.1) is 0 Å². The van der Waals surface area contributed by atoms with Gasteiger partial charge in [-0.3, -0.25) is 14.6 Å². The maximum Gasteiger partial charge on any atom is 0.524 e. The van der Waals surface area contributed by atoms with E-state index in [1.165, 1.54) is 24.3 Å². The maximum atomic E-state index is 10.4. The van der Waals surface area contributed by atoms with Gasteiger partial charge in [0.05, 0.1) is 0 Å². The van der Waals surface area contributed by atoms with Crippen LogP contribution in [-0.2, 0) is 4.57 Å². The zero-order valence-corrected chi connectivity index (χ0v) is 7.35. The summed E-state index contributed by atoms with van der Waals surface area (Å²) in [4.78, 5) is 27.0. The lowest BCUT2D eigenvalue weighted by Crippen LogP contribution is -1.90. The molecule has 0 heterocycles. The molecule has 13 heavy (non-hydrogen) atoms. The van der Waals surface area contributed by atoms with Crippen LogP contribution < -0.4 is 4.52 Å². The van der Waals surface area contributed by atoms with E-state index in [9.17, 15) is 9.36 Å². The van der Waals surface area contributed by atoms with Crippen molar-refractivity contribution in [3.8, 4) is 5.75 Å². The minimum atomic E-state index is -4.50. The number of phosphoric acid groups is 1. The van der Waals surface area contributed by atoms with Crippen LogP contribution in [0.3, 0.4) is 0 Å². The summed E-state index contributed by atoms with van der Waals surface area (Å²) in [6.45, 7) is 0. The lowest BCUT2D eigenvalue weighted by Gasteiger charge is -2.05. The van der Waals surface area contributed by atoms with Crippen molar-refractivity contribution < 1.29 is 23.7 Å². The molecule has 0 atom stereocenters. The molecule has 70 valence electrons. The zero-order chi connectivity index (χ0) is 9.90. The van der Waals surface area contributed by atoms with E-state index >= 15 is 0 Å². The molecule has 0 radical (unpaired) electrons. The predicted molar refractivity (Wildman–Crippen MR) is 44.5 cm³/mol. The molecule has 5 nitrogen and oxygen atoms in total. The number of carbonyl (C=O) groups is 1. The molecule has 0 unspecified atom stereocenters. The van der Waals surface area contributed by atoms with E-state index in [0.29, 0.717) is 11.8 Å². The quantitative estimate of drug-likeness (QED) is 0.563. The van der Waals surface area contributed by atoms with Gasteiger partial charge in [0.1, 0.15) is 12.0 Å². The second-order valence-electron chi connectivity index (χ2n) is 2.27. The Hall–Kier alpha value is -1.16. The molecule has 0 fully saturated rings. The van der Waals surface area contributed by atoms with Gasteiger partial charge in [-0.2, -0.15) is 0 Å². The number of hydrogen-bond donors (Lipinski definition) is 2. The second-order valence-corrected chi connectivity index (χ2v) is 3.43. The summed E-state index contributed by atoms with van der Waals surface area (Å²) < 4.78 is 14.6. The van der Waals surface area contributed by atoms with Crippen LogP contribution in [0.4, 0.5) is 0 Å². The van der Waals surface area contributed by atoms with E-state index < -0.39 is 7.82 Å². The number of benzene rings is 1. The summed E-state index contributed by atoms with van der Waals surface area (Å²) in [7, 11) is -4.50. The molecule has 1 aromatic rings. The molecule has 0 amide bonds. The van der Waals surface area contributed by atoms with Gasteiger partial charge in [0, 0.05) is 5.56 Å². The van der Waals surface area contributed by atoms with Gasteiger partial charge in [-0.1, -0.05) is 0 Å². The van der Waals surface area contributed by atoms with Crippen molar-refractivity contribution in [2.24, 2.45) is 0 Å². The highest BCUT2D eigenvalue weighted by molar-refractivity contribution is 7.46. The van der Waals surface area contributed by atoms with E-state index in [0.717, 1.165) is 0 Å². The fourth-order valence-electron chi connectivity index (χ4n) is 0.745. The Kier molecular flexibility index (Phi) is 2.83. The first kappa shape index (κ1) is 9.92. The highest BCUT2D eigenvalue weighted by Crippen LogP contribution is 2.37. The van der Waals surface area contributed by atoms with E-state index in [-0.39, 0.29) is 5.75 Å². The molecule has 2 N–H and O–H groups in total. The fourth-order valence-corrected chi connectivity index (χ4v) is 1.14. The van der Waals surface area contributed by atoms with E-state index in [4.69, 9.17) is 9.79 Å². The SMILES string of the molecule is O=Cc1ccc(OP(=O)(O)O)cc1. The Labute approximate surface area is 74.2 Å². The van der Waals surface area contributed by atoms with Crippen LogP contribution >= 0.6 is 7.82 Å². The molecule has 0 aliphatic carbocycles. The average Bonchev–Trinajstić information content (AvgIpc) is 2.03. The van der Waals surface area contributed by atoms with Crippen molar-refractivity contribution in [3.05, 3.63) is 29.8 Å². The molecule has 6 heteroatoms. The zero-order valence-electron chi connectivity index (χ0n) is 6.45. The van der Waals surface area contributed by atoms with Crippen LogP contribution in [0.1, 0.15) is 10.4 Å². The molecule has 0 bridgehead atoms. The number of carbonyl (C=O) groups excluding carboxylic acids is 1. The van der Waals surface area contributed by atoms with Crippen LogP contribution in [0.25, 0.3) is 0 Å². The molecule has 0 aromatic heterocycles. The number of aldehydes is 1. The fraction of sp³-hybridized carbons (Fsp3) is 0. The minimum absolute atomic E-state index is 0.0268. The van der Waals surface area contributed by atoms with Crippen molar-refractivity contribution in [3.63, 3.8) is 0 Å². The monoisotopic (exact) mass is 202 g/mol. The normalized spacial score (nSPS) is 10.9. The van der Waals surface area contributed by atoms with Gasteiger partial charge >= 0.3 is 7.82 Å². The summed E-state index contributed by atoms with van der Waals surface area (Å²) in [5.74, 6) is 0.0268. The third-order valence-corrected chi connectivity index (χ3v) is 1.69. The highest BCUT2D eigenvalue weighted by Gasteiger charge is 2.15. The number of phosphoric ester groups is 1. The molecule has 0 saturated heterocycles. The van der Waals surface area contributed by atoms with Gasteiger partial charge < -0.3 is 4.52 Å². The van der Waals surface area contributed by atoms with Gasteiger partial charge in [-0.25, -0.2) is 4.57 Å². The van der Waals surface area contributed by atoms with Crippen LogP contribution in [0.15, 0.2) is 24.3 Å². The summed E-state index contributed by atoms with van der Waals surface area (Å²) in [5.41, 5.74) is 0.415. The third-order valence-electron chi connectivity index (χ3n) is 1.24. The molecule has 0 saturated carbocycles. The standard InChI is InChI=1S/C7H7O5P/c8-5-6-1-3-7(4-2-6)12-13(9,10)11/h1-5H,(H2,9,10,11). The van der Waals surface area contributed by atoms with E-state index in [2.05, 4.69) is 4.52 Å². The first-order chi connectivity index (χ1) is 6.01. The number of hydrogen-bond acceptors (Lipinski definition) is 3. The summed E-state index contributed by atoms with van der Waals surface area (Å²) in [6, 6.07) is 5.42. The Balaban J connectivity index is 2.81. The van der Waals surface area contributed by atoms with Crippen LogP contribution in [0, 0.1) is 0 Å². The summed E-state index contributed by atoms with van der Waals surface area (Å²) >= 11 is 0. The molecule has 0 aliphatic rings. The van der Waals surface area contributed by atoms with Crippen molar-refractivity contribution >= 4 is 14.1 Å². The van der Waals surface area contributed by atoms with Gasteiger partial charge in [-0.05, 0) is 24.3 Å². The van der Waals surface area contributed by atoms with E-state index in [1.54, 1.807) is 0 Å². The Morgan fingerprint density at radius 2 is 1.77 bits per heavy atom. The van der Waals surface area contributed by atoms with Gasteiger partial charge in [0.25, 0.3) is 0 Å². The third kappa shape index (κ3) is 3.38. The summed E-state index contributed by atoms with van der Waals surface area (Å²) in [6.07, 6.45) is 0.626. The molecule has 1 aromatic carbocycles. The molecule has 0 aliphatic heterocycles. The summed E-state index contributed by atoms with van der Waals surface area (Å²) in [5, 5.41) is 0. The van der Waals surface area contributed by atoms with Crippen LogP contribution in [0.2, 0.25) is 0 Å². The van der Waals surface area contributed by atoms with Gasteiger partial charge in [0.15, 0.2) is 0 Å². The smallest absolute Gasteiger partial charge is 0.404 e. The van der Waals surface area contributed by atoms with Crippen molar-refractivity contribution in [1.29, 1.82) is 0 Å². The van der Waals surface area contributed by atoms with Crippen LogP contribution in [-0.4, -0.2) is 16.1 Å². The van der Waals surface area contributed by atoms with Crippen molar-refractivity contribution in [2.75, 3.05) is 0 Å². The van der Waals surface area contributed by atoms with E-state index in [1.807, 2.05) is 0 Å². The van der Waals surface area contributed by atoms with Crippen molar-refractivity contribution in [2.45, 2.75) is 0 Å². The Morgan fingerprint density at radius 3 is 2.15 bits per heavy atom. The molecule has 0 spiro atoms. The maximum absolute atomic E-state index is 10.4. The lowest BCUT2D eigenvalue weighted by atomic mass is 10.2. The number of rotatable bonds is 3. The topological polar surface area (TPSA) is 83.8 Å². The van der Waals surface area contributed by atoms with Gasteiger partial charge in [0.2, 0.25) is 0 Å². The Bertz CT molecular complexity index is 338. The first-order valence-corrected chi connectivity index (χ1v) is 4.85. The predicted octanol–water partition coefficient (Wildman–Crippen LogP) is 0.971. The second kappa shape index (κ2) is 3.70. The lowest BCUT2D eigenvalue weighted by molar-refractivity contribution is 0.112. The average molecular weight is 202 g/mol. The first-order valence-electron chi connectivity index (χ1n) is 3.32. The Morgan fingerprint density at radius 1 is 1.23 bits per heavy atom. The molecular formula is C7H7O5P.